The second kappa shape index (κ2) is 5.70. The summed E-state index contributed by atoms with van der Waals surface area (Å²) in [5, 5.41) is 2.89. The van der Waals surface area contributed by atoms with Gasteiger partial charge in [-0.2, -0.15) is 4.57 Å². The van der Waals surface area contributed by atoms with Gasteiger partial charge in [-0.3, -0.25) is 4.98 Å². The number of thiazole rings is 1. The highest BCUT2D eigenvalue weighted by atomic mass is 32.1. The molecule has 0 atom stereocenters. The lowest BCUT2D eigenvalue weighted by Crippen LogP contribution is -2.31. The second-order valence-corrected chi connectivity index (χ2v) is 6.01. The van der Waals surface area contributed by atoms with Gasteiger partial charge in [0.1, 0.15) is 11.4 Å². The topological polar surface area (TPSA) is 58.6 Å². The van der Waals surface area contributed by atoms with Crippen molar-refractivity contribution in [2.45, 2.75) is 0 Å². The van der Waals surface area contributed by atoms with Gasteiger partial charge in [-0.25, -0.2) is 0 Å². The molecule has 2 heterocycles. The Morgan fingerprint density at radius 2 is 1.57 bits per heavy atom. The fourth-order valence-corrected chi connectivity index (χ4v) is 3.29. The number of benzene rings is 2. The fraction of sp³-hybridized carbons (Fsp3) is 0. The Hall–Kier alpha value is -2.92. The van der Waals surface area contributed by atoms with E-state index in [1.165, 1.54) is 0 Å². The van der Waals surface area contributed by atoms with Crippen LogP contribution in [0.15, 0.2) is 72.2 Å². The monoisotopic (exact) mass is 319 g/mol. The van der Waals surface area contributed by atoms with Crippen molar-refractivity contribution in [2.24, 2.45) is 0 Å². The maximum Gasteiger partial charge on any atom is 0.317 e. The van der Waals surface area contributed by atoms with Crippen molar-refractivity contribution in [3.63, 3.8) is 0 Å². The molecule has 0 radical (unpaired) electrons. The maximum atomic E-state index is 6.13. The third-order valence-corrected chi connectivity index (χ3v) is 4.47. The number of nitrogens with one attached hydrogen (secondary N) is 1. The molecule has 0 amide bonds. The second-order valence-electron chi connectivity index (χ2n) is 5.17. The molecule has 4 rings (SSSR count). The van der Waals surface area contributed by atoms with Gasteiger partial charge in [-0.15, -0.1) is 4.98 Å². The first-order valence-electron chi connectivity index (χ1n) is 7.28. The fourth-order valence-electron chi connectivity index (χ4n) is 2.47. The molecule has 0 saturated heterocycles. The van der Waals surface area contributed by atoms with E-state index in [1.54, 1.807) is 11.3 Å². The number of hydrogen-bond donors (Lipinski definition) is 2. The van der Waals surface area contributed by atoms with E-state index in [4.69, 9.17) is 10.7 Å². The summed E-state index contributed by atoms with van der Waals surface area (Å²) < 4.78 is 1.89. The zero-order valence-electron chi connectivity index (χ0n) is 12.3. The first-order chi connectivity index (χ1) is 11.3. The summed E-state index contributed by atoms with van der Waals surface area (Å²) in [5.74, 6) is 0.567. The summed E-state index contributed by atoms with van der Waals surface area (Å²) in [7, 11) is 0. The van der Waals surface area contributed by atoms with Crippen molar-refractivity contribution in [3.8, 4) is 27.6 Å². The zero-order chi connectivity index (χ0) is 15.6. The average Bonchev–Trinajstić information content (AvgIpc) is 3.23. The third-order valence-electron chi connectivity index (χ3n) is 3.63. The number of nitrogens with two attached hydrogens (primary N) is 1. The van der Waals surface area contributed by atoms with Gasteiger partial charge < -0.3 is 5.73 Å². The molecule has 2 aromatic carbocycles. The highest BCUT2D eigenvalue weighted by Crippen LogP contribution is 2.23. The summed E-state index contributed by atoms with van der Waals surface area (Å²) in [6, 6.07) is 20.2. The summed E-state index contributed by atoms with van der Waals surface area (Å²) in [4.78, 5) is 7.92. The average molecular weight is 319 g/mol. The van der Waals surface area contributed by atoms with Crippen LogP contribution in [0.3, 0.4) is 0 Å². The van der Waals surface area contributed by atoms with Crippen LogP contribution in [0.1, 0.15) is 0 Å². The van der Waals surface area contributed by atoms with E-state index in [9.17, 15) is 0 Å². The smallest absolute Gasteiger partial charge is 0.310 e. The van der Waals surface area contributed by atoms with Gasteiger partial charge in [0.2, 0.25) is 0 Å². The molecule has 5 heteroatoms. The van der Waals surface area contributed by atoms with Crippen LogP contribution in [0.4, 0.5) is 5.95 Å². The Bertz CT molecular complexity index is 926. The van der Waals surface area contributed by atoms with E-state index < -0.39 is 0 Å². The molecule has 23 heavy (non-hydrogen) atoms. The number of imidazole rings is 1. The number of nitrogens with zero attached hydrogens (tertiary/aromatic N) is 2. The molecule has 4 aromatic rings. The van der Waals surface area contributed by atoms with Crippen LogP contribution in [-0.2, 0) is 0 Å². The minimum Gasteiger partial charge on any atom is -0.310 e. The normalized spacial score (nSPS) is 10.8. The molecular weight excluding hydrogens is 304 g/mol. The molecule has 0 spiro atoms. The summed E-state index contributed by atoms with van der Waals surface area (Å²) in [6.45, 7) is 0. The molecule has 0 fully saturated rings. The third kappa shape index (κ3) is 2.62. The van der Waals surface area contributed by atoms with Crippen LogP contribution in [0.25, 0.3) is 27.6 Å². The number of aromatic nitrogens is 3. The molecule has 2 aromatic heterocycles. The van der Waals surface area contributed by atoms with Crippen molar-refractivity contribution >= 4 is 17.3 Å². The quantitative estimate of drug-likeness (QED) is 0.566. The van der Waals surface area contributed by atoms with Crippen LogP contribution < -0.4 is 10.3 Å². The van der Waals surface area contributed by atoms with Gasteiger partial charge in [0.05, 0.1) is 6.20 Å². The molecule has 3 N–H and O–H groups in total. The van der Waals surface area contributed by atoms with E-state index in [0.29, 0.717) is 5.95 Å². The molecule has 0 saturated carbocycles. The van der Waals surface area contributed by atoms with E-state index in [-0.39, 0.29) is 0 Å². The van der Waals surface area contributed by atoms with Crippen LogP contribution >= 0.6 is 11.3 Å². The van der Waals surface area contributed by atoms with Gasteiger partial charge in [0.15, 0.2) is 0 Å². The highest BCUT2D eigenvalue weighted by Gasteiger charge is 2.17. The molecule has 0 bridgehead atoms. The summed E-state index contributed by atoms with van der Waals surface area (Å²) in [5.41, 5.74) is 10.3. The zero-order valence-corrected chi connectivity index (χ0v) is 13.1. The van der Waals surface area contributed by atoms with Crippen molar-refractivity contribution in [1.29, 1.82) is 0 Å². The first-order valence-corrected chi connectivity index (χ1v) is 8.16. The van der Waals surface area contributed by atoms with E-state index in [2.05, 4.69) is 17.1 Å². The van der Waals surface area contributed by atoms with Crippen LogP contribution in [-0.4, -0.2) is 9.97 Å². The number of hydrogen-bond acceptors (Lipinski definition) is 3. The molecule has 0 aliphatic heterocycles. The van der Waals surface area contributed by atoms with E-state index in [1.807, 2.05) is 64.7 Å². The number of nitrogen functional groups attached to an aromatic ring is 1. The van der Waals surface area contributed by atoms with Crippen molar-refractivity contribution in [1.82, 2.24) is 9.97 Å². The number of rotatable bonds is 3. The minimum atomic E-state index is 0.567. The first kappa shape index (κ1) is 13.7. The minimum absolute atomic E-state index is 0.567. The van der Waals surface area contributed by atoms with Gasteiger partial charge in [-0.1, -0.05) is 72.0 Å². The Morgan fingerprint density at radius 1 is 0.913 bits per heavy atom. The molecule has 0 unspecified atom stereocenters. The lowest BCUT2D eigenvalue weighted by Gasteiger charge is -1.93. The molecule has 0 aliphatic rings. The van der Waals surface area contributed by atoms with Gasteiger partial charge in [-0.05, 0) is 0 Å². The van der Waals surface area contributed by atoms with Crippen LogP contribution in [0.2, 0.25) is 0 Å². The number of anilines is 1. The van der Waals surface area contributed by atoms with Crippen LogP contribution in [0, 0.1) is 0 Å². The van der Waals surface area contributed by atoms with Crippen molar-refractivity contribution < 1.29 is 4.57 Å². The summed E-state index contributed by atoms with van der Waals surface area (Å²) >= 11 is 1.57. The molecule has 112 valence electrons. The number of aromatic amines is 1. The maximum absolute atomic E-state index is 6.13. The molecule has 4 nitrogen and oxygen atoms in total. The Morgan fingerprint density at radius 3 is 2.26 bits per heavy atom. The van der Waals surface area contributed by atoms with Gasteiger partial charge >= 0.3 is 5.95 Å². The van der Waals surface area contributed by atoms with Gasteiger partial charge in [0, 0.05) is 16.5 Å². The predicted molar refractivity (Wildman–Crippen MR) is 93.3 cm³/mol. The molecule has 0 aliphatic carbocycles. The van der Waals surface area contributed by atoms with E-state index >= 15 is 0 Å². The highest BCUT2D eigenvalue weighted by molar-refractivity contribution is 7.12. The lowest BCUT2D eigenvalue weighted by atomic mass is 10.2. The Kier molecular flexibility index (Phi) is 3.40. The van der Waals surface area contributed by atoms with Crippen molar-refractivity contribution in [2.75, 3.05) is 5.73 Å². The standard InChI is InChI=1S/C18H14N4S/c19-17-20-15(13-7-3-1-4-8-13)11-22(17)18-21-16(12-23-18)14-9-5-2-6-10-14/h1-12H,(H2,19,20)/p+1. The van der Waals surface area contributed by atoms with E-state index in [0.717, 1.165) is 27.6 Å². The molecular formula is C18H15N4S+. The lowest BCUT2D eigenvalue weighted by molar-refractivity contribution is -0.577. The predicted octanol–water partition coefficient (Wildman–Crippen LogP) is 3.66. The largest absolute Gasteiger partial charge is 0.317 e. The number of H-pyrrole nitrogens is 1. The van der Waals surface area contributed by atoms with Crippen LogP contribution in [0.5, 0.6) is 0 Å². The van der Waals surface area contributed by atoms with Crippen molar-refractivity contribution in [3.05, 3.63) is 72.2 Å². The Labute approximate surface area is 137 Å². The SMILES string of the molecule is Nc1[nH]c(-c2ccccc2)c[n+]1-c1nc(-c2ccccc2)cs1. The summed E-state index contributed by atoms with van der Waals surface area (Å²) in [6.07, 6.45) is 1.98. The Balaban J connectivity index is 1.72. The van der Waals surface area contributed by atoms with Gasteiger partial charge in [0.25, 0.3) is 5.13 Å².